The number of hydrogen-bond donors (Lipinski definition) is 2. The maximum absolute atomic E-state index is 10.4. The number of carboxylic acid groups (broad SMARTS) is 1. The second-order valence-electron chi connectivity index (χ2n) is 4.51. The van der Waals surface area contributed by atoms with Gasteiger partial charge in [0.05, 0.1) is 12.2 Å². The topological polar surface area (TPSA) is 57.5 Å². The molecule has 0 bridgehead atoms. The van der Waals surface area contributed by atoms with Crippen LogP contribution in [0.3, 0.4) is 0 Å². The number of benzene rings is 2. The molecule has 0 aliphatic carbocycles. The van der Waals surface area contributed by atoms with Gasteiger partial charge in [-0.1, -0.05) is 44.0 Å². The normalized spacial score (nSPS) is 9.76. The van der Waals surface area contributed by atoms with Crippen LogP contribution in [0.2, 0.25) is 0 Å². The van der Waals surface area contributed by atoms with E-state index in [0.717, 1.165) is 25.6 Å². The molecule has 3 nitrogen and oxygen atoms in total. The van der Waals surface area contributed by atoms with Crippen LogP contribution in [0.5, 0.6) is 0 Å². The Balaban J connectivity index is 0.000000211. The zero-order valence-electron chi connectivity index (χ0n) is 11.7. The Labute approximate surface area is 140 Å². The second-order valence-corrected chi connectivity index (χ2v) is 6.22. The van der Waals surface area contributed by atoms with Gasteiger partial charge >= 0.3 is 5.97 Å². The lowest BCUT2D eigenvalue weighted by Gasteiger charge is -1.99. The molecule has 2 aromatic carbocycles. The molecule has 0 aromatic heterocycles. The van der Waals surface area contributed by atoms with E-state index in [0.29, 0.717) is 5.56 Å². The molecule has 0 spiro atoms. The molecule has 0 aliphatic heterocycles. The molecule has 0 saturated carbocycles. The summed E-state index contributed by atoms with van der Waals surface area (Å²) in [6.07, 6.45) is 0. The molecule has 2 rings (SSSR count). The number of aromatic carboxylic acids is 1. The lowest BCUT2D eigenvalue weighted by Crippen LogP contribution is -1.95. The molecule has 2 N–H and O–H groups in total. The standard InChI is InChI=1S/C8H7BrO2.C8H9BrO/c1-5-4-6(8(10)11)2-3-7(5)9;1-6-4-7(5-10)2-3-8(6)9/h2-4H,1H3,(H,10,11);2-4,10H,5H2,1H3. The van der Waals surface area contributed by atoms with Gasteiger partial charge in [0.2, 0.25) is 0 Å². The van der Waals surface area contributed by atoms with Crippen molar-refractivity contribution in [1.29, 1.82) is 0 Å². The number of aryl methyl sites for hydroxylation is 2. The molecule has 21 heavy (non-hydrogen) atoms. The van der Waals surface area contributed by atoms with Crippen LogP contribution in [0.15, 0.2) is 45.3 Å². The van der Waals surface area contributed by atoms with Crippen molar-refractivity contribution < 1.29 is 15.0 Å². The number of rotatable bonds is 2. The second kappa shape index (κ2) is 8.32. The summed E-state index contributed by atoms with van der Waals surface area (Å²) < 4.78 is 2.02. The number of aliphatic hydroxyl groups excluding tert-OH is 1. The van der Waals surface area contributed by atoms with Gasteiger partial charge in [-0.3, -0.25) is 0 Å². The minimum absolute atomic E-state index is 0.119. The number of carboxylic acids is 1. The van der Waals surface area contributed by atoms with Gasteiger partial charge in [-0.05, 0) is 54.8 Å². The molecule has 0 fully saturated rings. The molecule has 0 radical (unpaired) electrons. The third kappa shape index (κ3) is 5.61. The van der Waals surface area contributed by atoms with Crippen molar-refractivity contribution >= 4 is 37.8 Å². The highest BCUT2D eigenvalue weighted by molar-refractivity contribution is 9.10. The van der Waals surface area contributed by atoms with E-state index in [2.05, 4.69) is 31.9 Å². The van der Waals surface area contributed by atoms with E-state index < -0.39 is 5.97 Å². The SMILES string of the molecule is Cc1cc(C(=O)O)ccc1Br.Cc1cc(CO)ccc1Br. The fraction of sp³-hybridized carbons (Fsp3) is 0.188. The van der Waals surface area contributed by atoms with Crippen molar-refractivity contribution in [3.63, 3.8) is 0 Å². The van der Waals surface area contributed by atoms with Gasteiger partial charge in [-0.15, -0.1) is 0 Å². The molecule has 0 atom stereocenters. The van der Waals surface area contributed by atoms with E-state index in [4.69, 9.17) is 10.2 Å². The quantitative estimate of drug-likeness (QED) is 0.746. The third-order valence-corrected chi connectivity index (χ3v) is 4.59. The summed E-state index contributed by atoms with van der Waals surface area (Å²) in [5.74, 6) is -0.888. The predicted molar refractivity (Wildman–Crippen MR) is 90.6 cm³/mol. The lowest BCUT2D eigenvalue weighted by molar-refractivity contribution is 0.0696. The summed E-state index contributed by atoms with van der Waals surface area (Å²) in [6, 6.07) is 10.7. The van der Waals surface area contributed by atoms with Gasteiger partial charge in [0, 0.05) is 8.95 Å². The molecule has 0 heterocycles. The maximum atomic E-state index is 10.4. The Bertz CT molecular complexity index is 639. The molecule has 112 valence electrons. The van der Waals surface area contributed by atoms with E-state index in [9.17, 15) is 4.79 Å². The average molecular weight is 416 g/mol. The predicted octanol–water partition coefficient (Wildman–Crippen LogP) is 4.71. The minimum atomic E-state index is -0.888. The molecule has 0 saturated heterocycles. The van der Waals surface area contributed by atoms with E-state index in [1.54, 1.807) is 18.2 Å². The first-order chi connectivity index (χ1) is 9.85. The van der Waals surface area contributed by atoms with E-state index >= 15 is 0 Å². The lowest BCUT2D eigenvalue weighted by atomic mass is 10.1. The fourth-order valence-electron chi connectivity index (χ4n) is 1.58. The summed E-state index contributed by atoms with van der Waals surface area (Å²) in [7, 11) is 0. The first-order valence-corrected chi connectivity index (χ1v) is 7.79. The first-order valence-electron chi connectivity index (χ1n) is 6.20. The van der Waals surface area contributed by atoms with Gasteiger partial charge < -0.3 is 10.2 Å². The van der Waals surface area contributed by atoms with E-state index in [1.165, 1.54) is 0 Å². The Morgan fingerprint density at radius 1 is 1.00 bits per heavy atom. The summed E-state index contributed by atoms with van der Waals surface area (Å²) in [6.45, 7) is 3.98. The van der Waals surface area contributed by atoms with Crippen LogP contribution in [0.1, 0.15) is 27.0 Å². The Morgan fingerprint density at radius 2 is 1.52 bits per heavy atom. The summed E-state index contributed by atoms with van der Waals surface area (Å²) in [5.41, 5.74) is 3.38. The summed E-state index contributed by atoms with van der Waals surface area (Å²) >= 11 is 6.66. The number of carbonyl (C=O) groups is 1. The van der Waals surface area contributed by atoms with Crippen molar-refractivity contribution in [3.05, 3.63) is 67.6 Å². The highest BCUT2D eigenvalue weighted by Crippen LogP contribution is 2.17. The zero-order valence-corrected chi connectivity index (χ0v) is 14.9. The maximum Gasteiger partial charge on any atom is 0.335 e. The van der Waals surface area contributed by atoms with E-state index in [-0.39, 0.29) is 6.61 Å². The fourth-order valence-corrected chi connectivity index (χ4v) is 2.08. The molecular formula is C16H16Br2O3. The Hall–Kier alpha value is -1.17. The number of hydrogen-bond acceptors (Lipinski definition) is 2. The Morgan fingerprint density at radius 3 is 1.95 bits per heavy atom. The zero-order chi connectivity index (χ0) is 16.0. The van der Waals surface area contributed by atoms with Crippen LogP contribution in [-0.2, 0) is 6.61 Å². The highest BCUT2D eigenvalue weighted by Gasteiger charge is 2.02. The van der Waals surface area contributed by atoms with E-state index in [1.807, 2.05) is 32.0 Å². The molecule has 5 heteroatoms. The van der Waals surface area contributed by atoms with Crippen LogP contribution in [-0.4, -0.2) is 16.2 Å². The molecule has 0 aliphatic rings. The van der Waals surface area contributed by atoms with Crippen molar-refractivity contribution in [2.24, 2.45) is 0 Å². The molecular weight excluding hydrogens is 400 g/mol. The Kier molecular flexibility index (Phi) is 7.08. The summed E-state index contributed by atoms with van der Waals surface area (Å²) in [5, 5.41) is 17.3. The van der Waals surface area contributed by atoms with Gasteiger partial charge in [0.1, 0.15) is 0 Å². The van der Waals surface area contributed by atoms with Crippen LogP contribution in [0, 0.1) is 13.8 Å². The molecule has 0 amide bonds. The van der Waals surface area contributed by atoms with Crippen molar-refractivity contribution in [2.75, 3.05) is 0 Å². The van der Waals surface area contributed by atoms with Crippen LogP contribution in [0.4, 0.5) is 0 Å². The van der Waals surface area contributed by atoms with Crippen LogP contribution in [0.25, 0.3) is 0 Å². The highest BCUT2D eigenvalue weighted by atomic mass is 79.9. The smallest absolute Gasteiger partial charge is 0.335 e. The first kappa shape index (κ1) is 17.9. The van der Waals surface area contributed by atoms with Gasteiger partial charge in [0.25, 0.3) is 0 Å². The molecule has 0 unspecified atom stereocenters. The van der Waals surface area contributed by atoms with Crippen LogP contribution < -0.4 is 0 Å². The summed E-state index contributed by atoms with van der Waals surface area (Å²) in [4.78, 5) is 10.4. The van der Waals surface area contributed by atoms with Crippen molar-refractivity contribution in [3.8, 4) is 0 Å². The average Bonchev–Trinajstić information content (AvgIpc) is 2.45. The molecule has 2 aromatic rings. The third-order valence-electron chi connectivity index (χ3n) is 2.81. The number of aliphatic hydroxyl groups is 1. The van der Waals surface area contributed by atoms with Crippen LogP contribution >= 0.6 is 31.9 Å². The van der Waals surface area contributed by atoms with Crippen molar-refractivity contribution in [1.82, 2.24) is 0 Å². The minimum Gasteiger partial charge on any atom is -0.478 e. The monoisotopic (exact) mass is 414 g/mol. The van der Waals surface area contributed by atoms with Gasteiger partial charge in [-0.25, -0.2) is 4.79 Å². The van der Waals surface area contributed by atoms with Gasteiger partial charge in [-0.2, -0.15) is 0 Å². The van der Waals surface area contributed by atoms with Gasteiger partial charge in [0.15, 0.2) is 0 Å². The largest absolute Gasteiger partial charge is 0.478 e. The van der Waals surface area contributed by atoms with Crippen molar-refractivity contribution in [2.45, 2.75) is 20.5 Å². The number of halogens is 2.